The first kappa shape index (κ1) is 19.8. The molecule has 0 bridgehead atoms. The number of aryl methyl sites for hydroxylation is 1. The number of nitrogens with one attached hydrogen (secondary N) is 1. The molecule has 0 saturated heterocycles. The van der Waals surface area contributed by atoms with Gasteiger partial charge in [0.25, 0.3) is 0 Å². The lowest BCUT2D eigenvalue weighted by atomic mass is 10.0. The summed E-state index contributed by atoms with van der Waals surface area (Å²) < 4.78 is 7.00. The number of hydrogen-bond donors (Lipinski definition) is 1. The standard InChI is InChI=1S/C21H28N2O3/c1-6-26-21(25)20-15(3)18(16(4)23(20)5)10-11-19(24)22-13-17-9-7-8-14(2)12-17/h7-9,12H,6,10-11,13H2,1-5H3,(H,22,24). The molecule has 1 N–H and O–H groups in total. The number of benzene rings is 1. The van der Waals surface area contributed by atoms with E-state index in [-0.39, 0.29) is 11.9 Å². The second kappa shape index (κ2) is 8.70. The topological polar surface area (TPSA) is 60.3 Å². The maximum absolute atomic E-state index is 12.2. The number of esters is 1. The van der Waals surface area contributed by atoms with Crippen molar-refractivity contribution in [2.75, 3.05) is 6.61 Å². The third-order valence-corrected chi connectivity index (χ3v) is 4.73. The monoisotopic (exact) mass is 356 g/mol. The van der Waals surface area contributed by atoms with Crippen molar-refractivity contribution in [2.45, 2.75) is 47.1 Å². The molecule has 0 atom stereocenters. The zero-order chi connectivity index (χ0) is 19.3. The van der Waals surface area contributed by atoms with Crippen molar-refractivity contribution in [1.82, 2.24) is 9.88 Å². The van der Waals surface area contributed by atoms with Crippen LogP contribution in [-0.2, 0) is 29.5 Å². The predicted octanol–water partition coefficient (Wildman–Crippen LogP) is 3.38. The lowest BCUT2D eigenvalue weighted by Gasteiger charge is -2.07. The lowest BCUT2D eigenvalue weighted by molar-refractivity contribution is -0.121. The van der Waals surface area contributed by atoms with Gasteiger partial charge >= 0.3 is 5.97 Å². The third kappa shape index (κ3) is 4.54. The molecule has 1 heterocycles. The van der Waals surface area contributed by atoms with Gasteiger partial charge in [-0.15, -0.1) is 0 Å². The van der Waals surface area contributed by atoms with E-state index in [4.69, 9.17) is 4.74 Å². The normalized spacial score (nSPS) is 10.7. The van der Waals surface area contributed by atoms with Crippen LogP contribution in [0.1, 0.15) is 51.8 Å². The van der Waals surface area contributed by atoms with Gasteiger partial charge in [0.05, 0.1) is 6.61 Å². The SMILES string of the molecule is CCOC(=O)c1c(C)c(CCC(=O)NCc2cccc(C)c2)c(C)n1C. The van der Waals surface area contributed by atoms with Gasteiger partial charge in [-0.25, -0.2) is 4.79 Å². The van der Waals surface area contributed by atoms with E-state index in [1.165, 1.54) is 5.56 Å². The largest absolute Gasteiger partial charge is 0.461 e. The third-order valence-electron chi connectivity index (χ3n) is 4.73. The summed E-state index contributed by atoms with van der Waals surface area (Å²) >= 11 is 0. The summed E-state index contributed by atoms with van der Waals surface area (Å²) in [5.41, 5.74) is 5.78. The Hall–Kier alpha value is -2.56. The molecule has 0 aliphatic heterocycles. The van der Waals surface area contributed by atoms with Crippen LogP contribution >= 0.6 is 0 Å². The number of nitrogens with zero attached hydrogens (tertiary/aromatic N) is 1. The lowest BCUT2D eigenvalue weighted by Crippen LogP contribution is -2.23. The van der Waals surface area contributed by atoms with Gasteiger partial charge in [0.2, 0.25) is 5.91 Å². The van der Waals surface area contributed by atoms with Crippen LogP contribution in [0.3, 0.4) is 0 Å². The highest BCUT2D eigenvalue weighted by atomic mass is 16.5. The molecule has 0 spiro atoms. The van der Waals surface area contributed by atoms with Crippen molar-refractivity contribution in [3.63, 3.8) is 0 Å². The van der Waals surface area contributed by atoms with Crippen LogP contribution in [0.25, 0.3) is 0 Å². The number of hydrogen-bond acceptors (Lipinski definition) is 3. The zero-order valence-electron chi connectivity index (χ0n) is 16.3. The molecule has 0 aliphatic rings. The van der Waals surface area contributed by atoms with E-state index in [1.807, 2.05) is 50.6 Å². The first-order chi connectivity index (χ1) is 12.3. The summed E-state index contributed by atoms with van der Waals surface area (Å²) in [6.07, 6.45) is 0.990. The van der Waals surface area contributed by atoms with Gasteiger partial charge in [0.15, 0.2) is 0 Å². The van der Waals surface area contributed by atoms with Crippen LogP contribution < -0.4 is 5.32 Å². The van der Waals surface area contributed by atoms with Gasteiger partial charge in [-0.3, -0.25) is 4.79 Å². The van der Waals surface area contributed by atoms with Crippen molar-refractivity contribution < 1.29 is 14.3 Å². The van der Waals surface area contributed by atoms with E-state index in [2.05, 4.69) is 11.4 Å². The Bertz CT molecular complexity index is 806. The fourth-order valence-electron chi connectivity index (χ4n) is 3.24. The molecule has 0 radical (unpaired) electrons. The maximum Gasteiger partial charge on any atom is 0.355 e. The summed E-state index contributed by atoms with van der Waals surface area (Å²) in [5, 5.41) is 2.96. The average Bonchev–Trinajstić information content (AvgIpc) is 2.81. The quantitative estimate of drug-likeness (QED) is 0.774. The Morgan fingerprint density at radius 1 is 1.19 bits per heavy atom. The number of rotatable bonds is 7. The van der Waals surface area contributed by atoms with Gasteiger partial charge in [-0.1, -0.05) is 29.8 Å². The fourth-order valence-corrected chi connectivity index (χ4v) is 3.24. The molecule has 0 saturated carbocycles. The number of amides is 1. The number of aromatic nitrogens is 1. The second-order valence-electron chi connectivity index (χ2n) is 6.58. The molecule has 1 amide bonds. The number of carbonyl (C=O) groups excluding carboxylic acids is 2. The van der Waals surface area contributed by atoms with Crippen molar-refractivity contribution in [2.24, 2.45) is 7.05 Å². The molecule has 5 heteroatoms. The smallest absolute Gasteiger partial charge is 0.355 e. The summed E-state index contributed by atoms with van der Waals surface area (Å²) in [7, 11) is 1.86. The Morgan fingerprint density at radius 3 is 2.58 bits per heavy atom. The number of ether oxygens (including phenoxy) is 1. The van der Waals surface area contributed by atoms with E-state index >= 15 is 0 Å². The van der Waals surface area contributed by atoms with E-state index in [0.717, 1.165) is 22.4 Å². The summed E-state index contributed by atoms with van der Waals surface area (Å²) in [6, 6.07) is 8.10. The molecule has 0 unspecified atom stereocenters. The van der Waals surface area contributed by atoms with E-state index < -0.39 is 0 Å². The minimum Gasteiger partial charge on any atom is -0.461 e. The molecule has 0 fully saturated rings. The molecular formula is C21H28N2O3. The Kier molecular flexibility index (Phi) is 6.61. The highest BCUT2D eigenvalue weighted by molar-refractivity contribution is 5.90. The molecule has 1 aromatic carbocycles. The first-order valence-electron chi connectivity index (χ1n) is 8.99. The van der Waals surface area contributed by atoms with E-state index in [9.17, 15) is 9.59 Å². The van der Waals surface area contributed by atoms with Gasteiger partial charge in [0.1, 0.15) is 5.69 Å². The highest BCUT2D eigenvalue weighted by Gasteiger charge is 2.21. The molecular weight excluding hydrogens is 328 g/mol. The minimum absolute atomic E-state index is 0.00634. The average molecular weight is 356 g/mol. The summed E-state index contributed by atoms with van der Waals surface area (Å²) in [5.74, 6) is -0.308. The molecule has 2 rings (SSSR count). The Morgan fingerprint density at radius 2 is 1.92 bits per heavy atom. The van der Waals surface area contributed by atoms with E-state index in [1.54, 1.807) is 6.92 Å². The summed E-state index contributed by atoms with van der Waals surface area (Å²) in [4.78, 5) is 24.4. The van der Waals surface area contributed by atoms with Crippen LogP contribution in [-0.4, -0.2) is 23.1 Å². The van der Waals surface area contributed by atoms with E-state index in [0.29, 0.717) is 31.7 Å². The van der Waals surface area contributed by atoms with Crippen LogP contribution in [0, 0.1) is 20.8 Å². The van der Waals surface area contributed by atoms with Crippen LogP contribution in [0.4, 0.5) is 0 Å². The van der Waals surface area contributed by atoms with Gasteiger partial charge in [-0.2, -0.15) is 0 Å². The molecule has 0 aliphatic carbocycles. The molecule has 140 valence electrons. The van der Waals surface area contributed by atoms with Gasteiger partial charge in [-0.05, 0) is 50.8 Å². The van der Waals surface area contributed by atoms with Crippen molar-refractivity contribution >= 4 is 11.9 Å². The van der Waals surface area contributed by atoms with Gasteiger partial charge < -0.3 is 14.6 Å². The van der Waals surface area contributed by atoms with Crippen LogP contribution in [0.5, 0.6) is 0 Å². The Balaban J connectivity index is 1.99. The molecule has 5 nitrogen and oxygen atoms in total. The molecule has 26 heavy (non-hydrogen) atoms. The van der Waals surface area contributed by atoms with Crippen molar-refractivity contribution in [3.05, 3.63) is 57.9 Å². The summed E-state index contributed by atoms with van der Waals surface area (Å²) in [6.45, 7) is 8.59. The highest BCUT2D eigenvalue weighted by Crippen LogP contribution is 2.23. The molecule has 2 aromatic rings. The van der Waals surface area contributed by atoms with Crippen LogP contribution in [0.2, 0.25) is 0 Å². The van der Waals surface area contributed by atoms with Gasteiger partial charge in [0, 0.05) is 25.7 Å². The van der Waals surface area contributed by atoms with Crippen molar-refractivity contribution in [1.29, 1.82) is 0 Å². The first-order valence-corrected chi connectivity index (χ1v) is 8.99. The number of carbonyl (C=O) groups is 2. The van der Waals surface area contributed by atoms with Crippen LogP contribution in [0.15, 0.2) is 24.3 Å². The fraction of sp³-hybridized carbons (Fsp3) is 0.429. The van der Waals surface area contributed by atoms with Crippen molar-refractivity contribution in [3.8, 4) is 0 Å². The molecule has 1 aromatic heterocycles. The Labute approximate surface area is 155 Å². The maximum atomic E-state index is 12.2. The minimum atomic E-state index is -0.314. The second-order valence-corrected chi connectivity index (χ2v) is 6.58. The predicted molar refractivity (Wildman–Crippen MR) is 102 cm³/mol. The zero-order valence-corrected chi connectivity index (χ0v) is 16.3.